The second-order valence-corrected chi connectivity index (χ2v) is 18.4. The highest BCUT2D eigenvalue weighted by molar-refractivity contribution is 6.15. The molecule has 2 heterocycles. The van der Waals surface area contributed by atoms with Gasteiger partial charge in [0.1, 0.15) is 16.7 Å². The Bertz CT molecular complexity index is 3710. The van der Waals surface area contributed by atoms with Crippen molar-refractivity contribution in [2.75, 3.05) is 9.80 Å². The van der Waals surface area contributed by atoms with Crippen molar-refractivity contribution in [1.82, 2.24) is 0 Å². The van der Waals surface area contributed by atoms with E-state index in [0.29, 0.717) is 0 Å². The predicted molar refractivity (Wildman–Crippen MR) is 265 cm³/mol. The van der Waals surface area contributed by atoms with Crippen molar-refractivity contribution in [1.29, 1.82) is 0 Å². The number of hydrogen-bond donors (Lipinski definition) is 0. The number of benzene rings is 9. The fourth-order valence-corrected chi connectivity index (χ4v) is 11.4. The normalized spacial score (nSPS) is 14.2. The van der Waals surface area contributed by atoms with E-state index in [-0.39, 0.29) is 10.8 Å². The highest BCUT2D eigenvalue weighted by atomic mass is 16.3. The van der Waals surface area contributed by atoms with Crippen LogP contribution in [0.1, 0.15) is 49.9 Å². The van der Waals surface area contributed by atoms with Crippen LogP contribution in [0.2, 0.25) is 0 Å². The van der Waals surface area contributed by atoms with Gasteiger partial charge in [-0.05, 0) is 99.6 Å². The van der Waals surface area contributed by atoms with Crippen molar-refractivity contribution < 1.29 is 8.83 Å². The molecule has 9 aromatic carbocycles. The van der Waals surface area contributed by atoms with Gasteiger partial charge in [-0.1, -0.05) is 161 Å². The van der Waals surface area contributed by atoms with Gasteiger partial charge in [-0.15, -0.1) is 0 Å². The number of para-hydroxylation sites is 3. The maximum atomic E-state index is 6.88. The minimum atomic E-state index is -0.269. The van der Waals surface area contributed by atoms with Gasteiger partial charge in [-0.2, -0.15) is 0 Å². The van der Waals surface area contributed by atoms with E-state index in [1.165, 1.54) is 44.5 Å². The highest BCUT2D eigenvalue weighted by Crippen LogP contribution is 2.58. The molecule has 2 aliphatic rings. The number of furan rings is 2. The van der Waals surface area contributed by atoms with E-state index in [1.807, 2.05) is 12.1 Å². The van der Waals surface area contributed by atoms with E-state index in [0.717, 1.165) is 78.0 Å². The molecule has 2 aliphatic carbocycles. The van der Waals surface area contributed by atoms with E-state index in [1.54, 1.807) is 0 Å². The quantitative estimate of drug-likeness (QED) is 0.167. The maximum absolute atomic E-state index is 6.88. The Kier molecular flexibility index (Phi) is 7.67. The fourth-order valence-electron chi connectivity index (χ4n) is 11.4. The summed E-state index contributed by atoms with van der Waals surface area (Å²) in [5.74, 6) is 0. The lowest BCUT2D eigenvalue weighted by atomic mass is 9.81. The van der Waals surface area contributed by atoms with Gasteiger partial charge in [0, 0.05) is 43.9 Å². The van der Waals surface area contributed by atoms with Crippen molar-refractivity contribution in [2.45, 2.75) is 38.5 Å². The van der Waals surface area contributed by atoms with Crippen LogP contribution in [0.3, 0.4) is 0 Å². The Morgan fingerprint density at radius 1 is 0.359 bits per heavy atom. The number of hydrogen-bond acceptors (Lipinski definition) is 4. The summed E-state index contributed by atoms with van der Waals surface area (Å²) in [5, 5.41) is 4.36. The van der Waals surface area contributed by atoms with E-state index in [4.69, 9.17) is 8.83 Å². The first-order chi connectivity index (χ1) is 31.3. The van der Waals surface area contributed by atoms with Crippen molar-refractivity contribution in [3.05, 3.63) is 216 Å². The van der Waals surface area contributed by atoms with Crippen molar-refractivity contribution in [3.63, 3.8) is 0 Å². The van der Waals surface area contributed by atoms with E-state index in [9.17, 15) is 0 Å². The summed E-state index contributed by atoms with van der Waals surface area (Å²) in [5.41, 5.74) is 19.7. The Morgan fingerprint density at radius 2 is 0.875 bits per heavy atom. The number of fused-ring (bicyclic) bond motifs is 12. The van der Waals surface area contributed by atoms with Crippen LogP contribution >= 0.6 is 0 Å². The molecule has 0 saturated heterocycles. The standard InChI is InChI=1S/C60H44N2O2/c1-59(2)46-27-10-6-22-43(46)55-47(59)28-16-29-48(55)61(49-30-17-35-54-56(49)44-23-8-12-34-53(44)63-54)37-18-13-19-38(36-37)62(51-32-15-25-42-40-21-7-11-33-52(40)64-58(42)51)50-31-14-24-41-39-20-5-9-26-45(39)60(3,4)57(41)50/h5-36H,1-4H3. The monoisotopic (exact) mass is 824 g/mol. The molecule has 0 fully saturated rings. The van der Waals surface area contributed by atoms with Crippen LogP contribution in [0.25, 0.3) is 66.1 Å². The average Bonchev–Trinajstić information content (AvgIpc) is 4.03. The molecule has 13 rings (SSSR count). The van der Waals surface area contributed by atoms with Crippen LogP contribution in [0, 0.1) is 0 Å². The maximum Gasteiger partial charge on any atom is 0.159 e. The molecule has 0 amide bonds. The molecule has 0 spiro atoms. The van der Waals surface area contributed by atoms with Gasteiger partial charge in [0.2, 0.25) is 0 Å². The number of nitrogens with zero attached hydrogens (tertiary/aromatic N) is 2. The summed E-state index contributed by atoms with van der Waals surface area (Å²) in [6.07, 6.45) is 0. The first-order valence-electron chi connectivity index (χ1n) is 22.3. The topological polar surface area (TPSA) is 32.8 Å². The fraction of sp³-hybridized carbons (Fsp3) is 0.100. The highest BCUT2D eigenvalue weighted by Gasteiger charge is 2.40. The number of anilines is 6. The van der Waals surface area contributed by atoms with Gasteiger partial charge in [-0.3, -0.25) is 0 Å². The molecule has 0 saturated carbocycles. The van der Waals surface area contributed by atoms with Gasteiger partial charge in [-0.25, -0.2) is 0 Å². The Balaban J connectivity index is 1.11. The molecule has 4 heteroatoms. The summed E-state index contributed by atoms with van der Waals surface area (Å²) >= 11 is 0. The van der Waals surface area contributed by atoms with Gasteiger partial charge in [0.15, 0.2) is 5.58 Å². The molecule has 0 aliphatic heterocycles. The zero-order valence-electron chi connectivity index (χ0n) is 36.2. The zero-order valence-corrected chi connectivity index (χ0v) is 36.2. The molecule has 64 heavy (non-hydrogen) atoms. The van der Waals surface area contributed by atoms with Gasteiger partial charge < -0.3 is 18.6 Å². The third-order valence-electron chi connectivity index (χ3n) is 14.2. The van der Waals surface area contributed by atoms with Crippen LogP contribution in [0.15, 0.2) is 203 Å². The molecule has 0 atom stereocenters. The summed E-state index contributed by atoms with van der Waals surface area (Å²) in [7, 11) is 0. The predicted octanol–water partition coefficient (Wildman–Crippen LogP) is 17.0. The third kappa shape index (κ3) is 5.05. The van der Waals surface area contributed by atoms with Gasteiger partial charge >= 0.3 is 0 Å². The van der Waals surface area contributed by atoms with Crippen LogP contribution in [-0.2, 0) is 10.8 Å². The molecule has 306 valence electrons. The van der Waals surface area contributed by atoms with Crippen molar-refractivity contribution in [3.8, 4) is 22.3 Å². The van der Waals surface area contributed by atoms with Gasteiger partial charge in [0.05, 0.1) is 28.1 Å². The molecule has 11 aromatic rings. The average molecular weight is 825 g/mol. The molecular formula is C60H44N2O2. The molecular weight excluding hydrogens is 781 g/mol. The smallest absolute Gasteiger partial charge is 0.159 e. The van der Waals surface area contributed by atoms with E-state index >= 15 is 0 Å². The lowest BCUT2D eigenvalue weighted by Crippen LogP contribution is -2.21. The molecule has 0 radical (unpaired) electrons. The Morgan fingerprint density at radius 3 is 1.69 bits per heavy atom. The molecule has 0 unspecified atom stereocenters. The first kappa shape index (κ1) is 36.8. The van der Waals surface area contributed by atoms with Crippen LogP contribution in [-0.4, -0.2) is 0 Å². The summed E-state index contributed by atoms with van der Waals surface area (Å²) in [6.45, 7) is 9.44. The zero-order chi connectivity index (χ0) is 42.9. The lowest BCUT2D eigenvalue weighted by molar-refractivity contribution is 0.659. The molecule has 4 nitrogen and oxygen atoms in total. The summed E-state index contributed by atoms with van der Waals surface area (Å²) in [4.78, 5) is 4.92. The Hall–Kier alpha value is -7.82. The van der Waals surface area contributed by atoms with E-state index < -0.39 is 0 Å². The lowest BCUT2D eigenvalue weighted by Gasteiger charge is -2.33. The Labute approximate surface area is 372 Å². The van der Waals surface area contributed by atoms with E-state index in [2.05, 4.69) is 219 Å². The number of rotatable bonds is 6. The largest absolute Gasteiger partial charge is 0.456 e. The van der Waals surface area contributed by atoms with Crippen molar-refractivity contribution >= 4 is 78.0 Å². The van der Waals surface area contributed by atoms with Crippen LogP contribution in [0.5, 0.6) is 0 Å². The SMILES string of the molecule is CC1(C)c2ccccc2-c2c(N(c3cccc(N(c4cccc5c4C(C)(C)c4ccccc4-5)c4cccc5c4oc4ccccc45)c3)c3cccc4oc5ccccc5c34)cccc21. The molecule has 0 N–H and O–H groups in total. The second-order valence-electron chi connectivity index (χ2n) is 18.4. The minimum absolute atomic E-state index is 0.177. The van der Waals surface area contributed by atoms with Crippen LogP contribution in [0.4, 0.5) is 34.1 Å². The minimum Gasteiger partial charge on any atom is -0.456 e. The van der Waals surface area contributed by atoms with Gasteiger partial charge in [0.25, 0.3) is 0 Å². The summed E-state index contributed by atoms with van der Waals surface area (Å²) < 4.78 is 13.5. The third-order valence-corrected chi connectivity index (χ3v) is 14.2. The summed E-state index contributed by atoms with van der Waals surface area (Å²) in [6, 6.07) is 70.3. The second kappa shape index (κ2) is 13.3. The van der Waals surface area contributed by atoms with Crippen LogP contribution < -0.4 is 9.80 Å². The van der Waals surface area contributed by atoms with Crippen molar-refractivity contribution in [2.24, 2.45) is 0 Å². The first-order valence-corrected chi connectivity index (χ1v) is 22.3. The molecule has 0 bridgehead atoms. The molecule has 2 aromatic heterocycles.